The molecule has 0 aromatic rings. The van der Waals surface area contributed by atoms with E-state index in [1.807, 2.05) is 6.92 Å². The van der Waals surface area contributed by atoms with E-state index in [-0.39, 0.29) is 6.10 Å². The summed E-state index contributed by atoms with van der Waals surface area (Å²) in [4.78, 5) is 11.3. The van der Waals surface area contributed by atoms with Gasteiger partial charge in [-0.3, -0.25) is 0 Å². The van der Waals surface area contributed by atoms with E-state index >= 15 is 0 Å². The lowest BCUT2D eigenvalue weighted by Crippen LogP contribution is -2.28. The van der Waals surface area contributed by atoms with Crippen LogP contribution < -0.4 is 0 Å². The maximum absolute atomic E-state index is 11.3. The van der Waals surface area contributed by atoms with Gasteiger partial charge in [0.2, 0.25) is 0 Å². The van der Waals surface area contributed by atoms with E-state index in [9.17, 15) is 9.90 Å². The first-order chi connectivity index (χ1) is 7.38. The summed E-state index contributed by atoms with van der Waals surface area (Å²) in [6.07, 6.45) is 0.839. The number of carbonyl (C=O) groups is 1. The van der Waals surface area contributed by atoms with Crippen molar-refractivity contribution in [2.45, 2.75) is 46.4 Å². The second kappa shape index (κ2) is 9.14. The summed E-state index contributed by atoms with van der Waals surface area (Å²) in [5.74, 6) is -0.397. The number of hydrogen-bond acceptors (Lipinski definition) is 3. The second-order valence-electron chi connectivity index (χ2n) is 3.29. The molecule has 96 valence electrons. The van der Waals surface area contributed by atoms with E-state index < -0.39 is 20.1 Å². The molecule has 7 heteroatoms. The van der Waals surface area contributed by atoms with E-state index in [2.05, 4.69) is 47.8 Å². The monoisotopic (exact) mass is 442 g/mol. The number of esters is 1. The van der Waals surface area contributed by atoms with Crippen LogP contribution in [0.15, 0.2) is 0 Å². The van der Waals surface area contributed by atoms with E-state index in [1.165, 1.54) is 0 Å². The zero-order chi connectivity index (χ0) is 12.7. The van der Waals surface area contributed by atoms with Crippen LogP contribution in [0.1, 0.15) is 26.2 Å². The average Bonchev–Trinajstić information content (AvgIpc) is 2.17. The van der Waals surface area contributed by atoms with Gasteiger partial charge in [0.25, 0.3) is 0 Å². The molecule has 0 radical (unpaired) electrons. The molecule has 0 amide bonds. The predicted molar refractivity (Wildman–Crippen MR) is 75.6 cm³/mol. The molecule has 0 heterocycles. The number of hydrogen-bond donors (Lipinski definition) is 1. The van der Waals surface area contributed by atoms with Crippen LogP contribution in [0.2, 0.25) is 0 Å². The first-order valence-electron chi connectivity index (χ1n) is 4.83. The van der Waals surface area contributed by atoms with Crippen molar-refractivity contribution in [1.29, 1.82) is 0 Å². The highest BCUT2D eigenvalue weighted by Gasteiger charge is 2.23. The van der Waals surface area contributed by atoms with Crippen molar-refractivity contribution in [3.63, 3.8) is 0 Å². The molecule has 0 aromatic heterocycles. The molecule has 0 fully saturated rings. The van der Waals surface area contributed by atoms with Crippen molar-refractivity contribution in [1.82, 2.24) is 0 Å². The summed E-state index contributed by atoms with van der Waals surface area (Å²) in [5.41, 5.74) is 0. The van der Waals surface area contributed by atoms with Crippen LogP contribution >= 0.6 is 59.4 Å². The number of alkyl halides is 4. The van der Waals surface area contributed by atoms with E-state index in [0.29, 0.717) is 12.8 Å². The quantitative estimate of drug-likeness (QED) is 0.482. The van der Waals surface area contributed by atoms with Gasteiger partial charge in [-0.25, -0.2) is 4.79 Å². The minimum Gasteiger partial charge on any atom is -0.461 e. The Labute approximate surface area is 126 Å². The van der Waals surface area contributed by atoms with Gasteiger partial charge in [0.15, 0.2) is 3.74 Å². The first-order valence-corrected chi connectivity index (χ1v) is 8.01. The standard InChI is InChI=1S/C9H14Br3ClO3/c1-2-3-5(4-6(14)8(12)13)16-9(15)7(10)11/h5-8,14H,2-4H2,1H3. The Morgan fingerprint density at radius 1 is 1.44 bits per heavy atom. The molecule has 3 atom stereocenters. The van der Waals surface area contributed by atoms with Gasteiger partial charge in [0, 0.05) is 6.42 Å². The highest BCUT2D eigenvalue weighted by Crippen LogP contribution is 2.20. The molecule has 3 nitrogen and oxygen atoms in total. The van der Waals surface area contributed by atoms with E-state index in [0.717, 1.165) is 6.42 Å². The van der Waals surface area contributed by atoms with Crippen LogP contribution in [-0.2, 0) is 9.53 Å². The Hall–Kier alpha value is 1.16. The Morgan fingerprint density at radius 2 is 2.00 bits per heavy atom. The van der Waals surface area contributed by atoms with Crippen LogP contribution in [0.5, 0.6) is 0 Å². The van der Waals surface area contributed by atoms with Crippen molar-refractivity contribution >= 4 is 65.4 Å². The second-order valence-corrected chi connectivity index (χ2v) is 8.33. The topological polar surface area (TPSA) is 46.5 Å². The van der Waals surface area contributed by atoms with Crippen molar-refractivity contribution in [2.75, 3.05) is 0 Å². The third-order valence-electron chi connectivity index (χ3n) is 1.87. The lowest BCUT2D eigenvalue weighted by atomic mass is 10.1. The Bertz CT molecular complexity index is 214. The molecular weight excluding hydrogens is 431 g/mol. The summed E-state index contributed by atoms with van der Waals surface area (Å²) >= 11 is 14.9. The Morgan fingerprint density at radius 3 is 2.38 bits per heavy atom. The van der Waals surface area contributed by atoms with Crippen molar-refractivity contribution in [3.05, 3.63) is 0 Å². The summed E-state index contributed by atoms with van der Waals surface area (Å²) in [7, 11) is 0. The lowest BCUT2D eigenvalue weighted by Gasteiger charge is -2.21. The zero-order valence-electron chi connectivity index (χ0n) is 8.71. The highest BCUT2D eigenvalue weighted by molar-refractivity contribution is 9.25. The fraction of sp³-hybridized carbons (Fsp3) is 0.889. The van der Waals surface area contributed by atoms with Crippen molar-refractivity contribution < 1.29 is 14.6 Å². The molecule has 0 aliphatic heterocycles. The molecule has 0 aliphatic rings. The molecule has 1 N–H and O–H groups in total. The minimum atomic E-state index is -0.741. The Kier molecular flexibility index (Phi) is 9.80. The van der Waals surface area contributed by atoms with Gasteiger partial charge in [0.05, 0.1) is 6.10 Å². The number of aliphatic hydroxyl groups is 1. The molecule has 3 unspecified atom stereocenters. The fourth-order valence-electron chi connectivity index (χ4n) is 1.13. The number of carbonyl (C=O) groups excluding carboxylic acids is 1. The smallest absolute Gasteiger partial charge is 0.330 e. The predicted octanol–water partition coefficient (Wildman–Crippen LogP) is 3.53. The van der Waals surface area contributed by atoms with Crippen LogP contribution in [0.25, 0.3) is 0 Å². The zero-order valence-corrected chi connectivity index (χ0v) is 14.2. The number of halogens is 4. The van der Waals surface area contributed by atoms with Crippen LogP contribution in [0, 0.1) is 0 Å². The maximum atomic E-state index is 11.3. The summed E-state index contributed by atoms with van der Waals surface area (Å²) in [6, 6.07) is 0. The van der Waals surface area contributed by atoms with Gasteiger partial charge in [-0.15, -0.1) is 11.6 Å². The maximum Gasteiger partial charge on any atom is 0.330 e. The van der Waals surface area contributed by atoms with E-state index in [1.54, 1.807) is 0 Å². The number of aliphatic hydroxyl groups excluding tert-OH is 1. The third kappa shape index (κ3) is 7.48. The summed E-state index contributed by atoms with van der Waals surface area (Å²) in [6.45, 7) is 1.99. The Balaban J connectivity index is 4.21. The normalized spacial score (nSPS) is 16.9. The van der Waals surface area contributed by atoms with Gasteiger partial charge in [-0.05, 0) is 6.42 Å². The molecule has 0 spiro atoms. The highest BCUT2D eigenvalue weighted by atomic mass is 79.9. The van der Waals surface area contributed by atoms with Gasteiger partial charge in [0.1, 0.15) is 10.4 Å². The molecule has 0 saturated heterocycles. The van der Waals surface area contributed by atoms with Crippen molar-refractivity contribution in [3.8, 4) is 0 Å². The van der Waals surface area contributed by atoms with Crippen LogP contribution in [-0.4, -0.2) is 31.3 Å². The third-order valence-corrected chi connectivity index (χ3v) is 3.52. The molecule has 0 bridgehead atoms. The molecular formula is C9H14Br3ClO3. The van der Waals surface area contributed by atoms with Gasteiger partial charge >= 0.3 is 5.97 Å². The van der Waals surface area contributed by atoms with Gasteiger partial charge in [-0.2, -0.15) is 0 Å². The lowest BCUT2D eigenvalue weighted by molar-refractivity contribution is -0.147. The number of rotatable bonds is 7. The minimum absolute atomic E-state index is 0.316. The largest absolute Gasteiger partial charge is 0.461 e. The molecule has 0 aromatic carbocycles. The first kappa shape index (κ1) is 17.2. The van der Waals surface area contributed by atoms with Gasteiger partial charge in [-0.1, -0.05) is 61.1 Å². The summed E-state index contributed by atoms with van der Waals surface area (Å²) in [5, 5.41) is 9.58. The molecule has 0 aliphatic carbocycles. The van der Waals surface area contributed by atoms with Crippen LogP contribution in [0.4, 0.5) is 0 Å². The molecule has 0 saturated carbocycles. The fourth-order valence-corrected chi connectivity index (χ4v) is 1.67. The molecule has 16 heavy (non-hydrogen) atoms. The van der Waals surface area contributed by atoms with Gasteiger partial charge < -0.3 is 9.84 Å². The van der Waals surface area contributed by atoms with Crippen molar-refractivity contribution in [2.24, 2.45) is 0 Å². The average molecular weight is 445 g/mol. The molecule has 0 rings (SSSR count). The SMILES string of the molecule is CCCC(CC(O)C(Cl)Br)OC(=O)C(Br)Br. The van der Waals surface area contributed by atoms with E-state index in [4.69, 9.17) is 16.3 Å². The number of ether oxygens (including phenoxy) is 1. The summed E-state index contributed by atoms with van der Waals surface area (Å²) < 4.78 is 4.15. The van der Waals surface area contributed by atoms with Crippen LogP contribution in [0.3, 0.4) is 0 Å².